The summed E-state index contributed by atoms with van der Waals surface area (Å²) in [4.78, 5) is 3.31. The molecule has 0 amide bonds. The average molecular weight is 373 g/mol. The maximum atomic E-state index is 6.42. The number of aromatic nitrogens is 1. The van der Waals surface area contributed by atoms with Crippen LogP contribution in [0.1, 0.15) is 25.0 Å². The summed E-state index contributed by atoms with van der Waals surface area (Å²) in [6.45, 7) is 5.51. The predicted octanol–water partition coefficient (Wildman–Crippen LogP) is 4.95. The van der Waals surface area contributed by atoms with Crippen LogP contribution >= 0.6 is 11.6 Å². The van der Waals surface area contributed by atoms with Crippen LogP contribution in [0.5, 0.6) is 11.5 Å². The first-order valence-corrected chi connectivity index (χ1v) is 9.25. The van der Waals surface area contributed by atoms with Gasteiger partial charge in [0.1, 0.15) is 0 Å². The highest BCUT2D eigenvalue weighted by atomic mass is 35.5. The number of benzene rings is 2. The van der Waals surface area contributed by atoms with Gasteiger partial charge in [0.15, 0.2) is 11.5 Å². The van der Waals surface area contributed by atoms with Crippen molar-refractivity contribution in [1.29, 1.82) is 0 Å². The Labute approximate surface area is 159 Å². The van der Waals surface area contributed by atoms with Gasteiger partial charge in [-0.15, -0.1) is 0 Å². The predicted molar refractivity (Wildman–Crippen MR) is 107 cm³/mol. The molecule has 0 aliphatic rings. The molecule has 5 heteroatoms. The van der Waals surface area contributed by atoms with Gasteiger partial charge in [-0.05, 0) is 50.1 Å². The second-order valence-corrected chi connectivity index (χ2v) is 6.95. The number of hydrogen-bond donors (Lipinski definition) is 2. The van der Waals surface area contributed by atoms with E-state index in [1.165, 1.54) is 16.5 Å². The second kappa shape index (κ2) is 8.47. The average Bonchev–Trinajstić information content (AvgIpc) is 3.03. The van der Waals surface area contributed by atoms with E-state index in [9.17, 15) is 0 Å². The first kappa shape index (κ1) is 18.6. The lowest BCUT2D eigenvalue weighted by molar-refractivity contribution is 0.230. The summed E-state index contributed by atoms with van der Waals surface area (Å²) in [6.07, 6.45) is 3.10. The second-order valence-electron chi connectivity index (χ2n) is 6.55. The summed E-state index contributed by atoms with van der Waals surface area (Å²) < 4.78 is 11.2. The molecule has 26 heavy (non-hydrogen) atoms. The standard InChI is InChI=1S/C21H25ClN2O2/c1-14(2)26-21-11-18(22)16(10-20(21)25-3)12-23-9-8-15-13-24-19-7-5-4-6-17(15)19/h4-7,10-11,13-14,23-24H,8-9,12H2,1-3H3. The topological polar surface area (TPSA) is 46.3 Å². The number of nitrogens with one attached hydrogen (secondary N) is 2. The molecule has 3 aromatic rings. The molecule has 4 nitrogen and oxygen atoms in total. The van der Waals surface area contributed by atoms with E-state index in [0.717, 1.165) is 18.5 Å². The zero-order chi connectivity index (χ0) is 18.5. The number of aromatic amines is 1. The Kier molecular flexibility index (Phi) is 6.07. The van der Waals surface area contributed by atoms with Crippen LogP contribution in [-0.4, -0.2) is 24.7 Å². The van der Waals surface area contributed by atoms with E-state index in [0.29, 0.717) is 23.1 Å². The molecular formula is C21H25ClN2O2. The van der Waals surface area contributed by atoms with Gasteiger partial charge >= 0.3 is 0 Å². The molecule has 0 bridgehead atoms. The summed E-state index contributed by atoms with van der Waals surface area (Å²) in [5.41, 5.74) is 3.49. The highest BCUT2D eigenvalue weighted by molar-refractivity contribution is 6.31. The van der Waals surface area contributed by atoms with E-state index < -0.39 is 0 Å². The van der Waals surface area contributed by atoms with Gasteiger partial charge in [0, 0.05) is 34.7 Å². The van der Waals surface area contributed by atoms with Gasteiger partial charge in [-0.25, -0.2) is 0 Å². The van der Waals surface area contributed by atoms with Crippen molar-refractivity contribution in [3.8, 4) is 11.5 Å². The molecule has 138 valence electrons. The number of para-hydroxylation sites is 1. The van der Waals surface area contributed by atoms with Gasteiger partial charge in [0.2, 0.25) is 0 Å². The Balaban J connectivity index is 1.61. The van der Waals surface area contributed by atoms with Crippen LogP contribution in [0.15, 0.2) is 42.6 Å². The van der Waals surface area contributed by atoms with Crippen LogP contribution in [-0.2, 0) is 13.0 Å². The first-order valence-electron chi connectivity index (χ1n) is 8.87. The molecule has 0 fully saturated rings. The van der Waals surface area contributed by atoms with E-state index in [1.807, 2.05) is 32.0 Å². The van der Waals surface area contributed by atoms with Crippen LogP contribution in [0.25, 0.3) is 10.9 Å². The lowest BCUT2D eigenvalue weighted by Crippen LogP contribution is -2.17. The van der Waals surface area contributed by atoms with E-state index in [1.54, 1.807) is 7.11 Å². The van der Waals surface area contributed by atoms with Gasteiger partial charge < -0.3 is 19.8 Å². The fourth-order valence-electron chi connectivity index (χ4n) is 3.00. The van der Waals surface area contributed by atoms with Gasteiger partial charge in [0.05, 0.1) is 13.2 Å². The number of H-pyrrole nitrogens is 1. The number of halogens is 1. The lowest BCUT2D eigenvalue weighted by atomic mass is 10.1. The Hall–Kier alpha value is -2.17. The molecule has 1 heterocycles. The summed E-state index contributed by atoms with van der Waals surface area (Å²) in [7, 11) is 1.64. The monoisotopic (exact) mass is 372 g/mol. The Morgan fingerprint density at radius 1 is 1.12 bits per heavy atom. The molecule has 0 unspecified atom stereocenters. The molecule has 0 atom stereocenters. The summed E-state index contributed by atoms with van der Waals surface area (Å²) in [6, 6.07) is 12.1. The molecule has 0 saturated heterocycles. The number of ether oxygens (including phenoxy) is 2. The van der Waals surface area contributed by atoms with Crippen LogP contribution in [0.2, 0.25) is 5.02 Å². The fraction of sp³-hybridized carbons (Fsp3) is 0.333. The van der Waals surface area contributed by atoms with Crippen LogP contribution in [0.3, 0.4) is 0 Å². The van der Waals surface area contributed by atoms with Crippen molar-refractivity contribution in [2.24, 2.45) is 0 Å². The number of fused-ring (bicyclic) bond motifs is 1. The largest absolute Gasteiger partial charge is 0.493 e. The molecule has 1 aromatic heterocycles. The molecule has 0 spiro atoms. The van der Waals surface area contributed by atoms with Crippen molar-refractivity contribution in [3.05, 3.63) is 58.7 Å². The van der Waals surface area contributed by atoms with E-state index in [-0.39, 0.29) is 6.10 Å². The maximum absolute atomic E-state index is 6.42. The smallest absolute Gasteiger partial charge is 0.163 e. The molecule has 3 rings (SSSR count). The zero-order valence-electron chi connectivity index (χ0n) is 15.4. The minimum Gasteiger partial charge on any atom is -0.493 e. The van der Waals surface area contributed by atoms with E-state index in [4.69, 9.17) is 21.1 Å². The molecule has 2 aromatic carbocycles. The van der Waals surface area contributed by atoms with Crippen molar-refractivity contribution in [2.75, 3.05) is 13.7 Å². The number of methoxy groups -OCH3 is 1. The highest BCUT2D eigenvalue weighted by Gasteiger charge is 2.12. The first-order chi connectivity index (χ1) is 12.6. The summed E-state index contributed by atoms with van der Waals surface area (Å²) in [5, 5.41) is 5.43. The van der Waals surface area contributed by atoms with Gasteiger partial charge in [-0.3, -0.25) is 0 Å². The maximum Gasteiger partial charge on any atom is 0.163 e. The number of rotatable bonds is 8. The molecule has 0 saturated carbocycles. The summed E-state index contributed by atoms with van der Waals surface area (Å²) in [5.74, 6) is 1.38. The molecule has 2 N–H and O–H groups in total. The van der Waals surface area contributed by atoms with E-state index >= 15 is 0 Å². The minimum absolute atomic E-state index is 0.0696. The molecule has 0 radical (unpaired) electrons. The summed E-state index contributed by atoms with van der Waals surface area (Å²) >= 11 is 6.42. The van der Waals surface area contributed by atoms with Crippen LogP contribution in [0, 0.1) is 0 Å². The van der Waals surface area contributed by atoms with Crippen molar-refractivity contribution in [2.45, 2.75) is 32.9 Å². The van der Waals surface area contributed by atoms with E-state index in [2.05, 4.69) is 34.7 Å². The fourth-order valence-corrected chi connectivity index (χ4v) is 3.22. The molecular weight excluding hydrogens is 348 g/mol. The number of hydrogen-bond acceptors (Lipinski definition) is 3. The Morgan fingerprint density at radius 3 is 2.69 bits per heavy atom. The van der Waals surface area contributed by atoms with Gasteiger partial charge in [-0.2, -0.15) is 0 Å². The zero-order valence-corrected chi connectivity index (χ0v) is 16.2. The van der Waals surface area contributed by atoms with Gasteiger partial charge in [-0.1, -0.05) is 29.8 Å². The highest BCUT2D eigenvalue weighted by Crippen LogP contribution is 2.34. The molecule has 0 aliphatic heterocycles. The Morgan fingerprint density at radius 2 is 1.92 bits per heavy atom. The van der Waals surface area contributed by atoms with Crippen molar-refractivity contribution in [1.82, 2.24) is 10.3 Å². The van der Waals surface area contributed by atoms with Gasteiger partial charge in [0.25, 0.3) is 0 Å². The van der Waals surface area contributed by atoms with Crippen molar-refractivity contribution in [3.63, 3.8) is 0 Å². The SMILES string of the molecule is COc1cc(CNCCc2c[nH]c3ccccc23)c(Cl)cc1OC(C)C. The third-order valence-corrected chi connectivity index (χ3v) is 4.61. The minimum atomic E-state index is 0.0696. The third-order valence-electron chi connectivity index (χ3n) is 4.26. The normalized spacial score (nSPS) is 11.3. The van der Waals surface area contributed by atoms with Crippen LogP contribution in [0.4, 0.5) is 0 Å². The third kappa shape index (κ3) is 4.32. The van der Waals surface area contributed by atoms with Crippen molar-refractivity contribution < 1.29 is 9.47 Å². The molecule has 0 aliphatic carbocycles. The van der Waals surface area contributed by atoms with Crippen LogP contribution < -0.4 is 14.8 Å². The quantitative estimate of drug-likeness (QED) is 0.550. The lowest BCUT2D eigenvalue weighted by Gasteiger charge is -2.16. The van der Waals surface area contributed by atoms with Crippen molar-refractivity contribution >= 4 is 22.5 Å². The Bertz CT molecular complexity index is 874.